The van der Waals surface area contributed by atoms with Gasteiger partial charge < -0.3 is 14.6 Å². The van der Waals surface area contributed by atoms with Crippen LogP contribution in [0.1, 0.15) is 5.56 Å². The summed E-state index contributed by atoms with van der Waals surface area (Å²) in [4.78, 5) is 6.72. The van der Waals surface area contributed by atoms with Gasteiger partial charge in [-0.15, -0.1) is 0 Å². The number of rotatable bonds is 3. The molecule has 0 fully saturated rings. The van der Waals surface area contributed by atoms with E-state index in [2.05, 4.69) is 9.97 Å². The Morgan fingerprint density at radius 2 is 2.11 bits per heavy atom. The average Bonchev–Trinajstić information content (AvgIpc) is 2.89. The van der Waals surface area contributed by atoms with E-state index in [9.17, 15) is 10.2 Å². The molecule has 0 spiro atoms. The number of fused-ring (bicyclic) bond motifs is 1. The molecule has 3 N–H and O–H groups in total. The summed E-state index contributed by atoms with van der Waals surface area (Å²) in [6, 6.07) is 8.99. The highest BCUT2D eigenvalue weighted by Gasteiger charge is 2.10. The van der Waals surface area contributed by atoms with Gasteiger partial charge >= 0.3 is 0 Å². The third-order valence-electron chi connectivity index (χ3n) is 2.49. The maximum atomic E-state index is 9.47. The summed E-state index contributed by atoms with van der Waals surface area (Å²) in [6.45, 7) is 0. The number of thioether (sulfide) groups is 1. The van der Waals surface area contributed by atoms with Gasteiger partial charge in [0.1, 0.15) is 5.52 Å². The van der Waals surface area contributed by atoms with E-state index in [0.717, 1.165) is 11.1 Å². The van der Waals surface area contributed by atoms with Gasteiger partial charge in [0.25, 0.3) is 5.22 Å². The standard InChI is InChI=1S/C12H10N2O3S/c15-10-5-7(11(16)14-10)6-18-12-13-8-3-1-2-4-9(8)17-12/h1-5,14-16H,6H2. The fraction of sp³-hybridized carbons (Fsp3) is 0.0833. The Labute approximate surface area is 106 Å². The Hall–Kier alpha value is -2.08. The third-order valence-corrected chi connectivity index (χ3v) is 3.36. The van der Waals surface area contributed by atoms with Crippen molar-refractivity contribution in [1.29, 1.82) is 0 Å². The van der Waals surface area contributed by atoms with Gasteiger partial charge in [0, 0.05) is 17.4 Å². The lowest BCUT2D eigenvalue weighted by Gasteiger charge is -1.94. The maximum Gasteiger partial charge on any atom is 0.257 e. The Morgan fingerprint density at radius 3 is 2.83 bits per heavy atom. The Balaban J connectivity index is 1.78. The summed E-state index contributed by atoms with van der Waals surface area (Å²) in [7, 11) is 0. The fourth-order valence-electron chi connectivity index (χ4n) is 1.63. The van der Waals surface area contributed by atoms with Crippen molar-refractivity contribution >= 4 is 22.9 Å². The largest absolute Gasteiger partial charge is 0.495 e. The van der Waals surface area contributed by atoms with Crippen molar-refractivity contribution < 1.29 is 14.6 Å². The van der Waals surface area contributed by atoms with Crippen molar-refractivity contribution in [3.05, 3.63) is 35.9 Å². The molecule has 0 aliphatic heterocycles. The quantitative estimate of drug-likeness (QED) is 0.632. The first-order chi connectivity index (χ1) is 8.72. The summed E-state index contributed by atoms with van der Waals surface area (Å²) in [5.74, 6) is 0.382. The second-order valence-electron chi connectivity index (χ2n) is 3.76. The smallest absolute Gasteiger partial charge is 0.257 e. The molecule has 18 heavy (non-hydrogen) atoms. The molecule has 0 radical (unpaired) electrons. The van der Waals surface area contributed by atoms with Crippen molar-refractivity contribution in [3.8, 4) is 11.8 Å². The predicted molar refractivity (Wildman–Crippen MR) is 67.7 cm³/mol. The number of H-pyrrole nitrogens is 1. The molecule has 2 heterocycles. The van der Waals surface area contributed by atoms with Gasteiger partial charge in [-0.1, -0.05) is 23.9 Å². The zero-order valence-electron chi connectivity index (χ0n) is 9.25. The summed E-state index contributed by atoms with van der Waals surface area (Å²) >= 11 is 1.36. The number of hydrogen-bond donors (Lipinski definition) is 3. The molecule has 5 nitrogen and oxygen atoms in total. The number of aromatic hydroxyl groups is 2. The minimum Gasteiger partial charge on any atom is -0.495 e. The molecule has 0 bridgehead atoms. The Kier molecular flexibility index (Phi) is 2.64. The Bertz CT molecular complexity index is 657. The molecule has 0 aliphatic carbocycles. The molecule has 0 unspecified atom stereocenters. The zero-order chi connectivity index (χ0) is 12.5. The average molecular weight is 262 g/mol. The highest BCUT2D eigenvalue weighted by molar-refractivity contribution is 7.98. The molecule has 0 saturated carbocycles. The monoisotopic (exact) mass is 262 g/mol. The topological polar surface area (TPSA) is 82.3 Å². The van der Waals surface area contributed by atoms with Crippen molar-refractivity contribution in [2.75, 3.05) is 0 Å². The SMILES string of the molecule is Oc1cc(CSc2nc3ccccc3o2)c(O)[nH]1. The number of aromatic nitrogens is 2. The first kappa shape index (κ1) is 11.0. The van der Waals surface area contributed by atoms with E-state index in [0.29, 0.717) is 16.5 Å². The van der Waals surface area contributed by atoms with Gasteiger partial charge in [0.05, 0.1) is 0 Å². The zero-order valence-corrected chi connectivity index (χ0v) is 10.1. The van der Waals surface area contributed by atoms with Gasteiger partial charge in [-0.3, -0.25) is 4.98 Å². The maximum absolute atomic E-state index is 9.47. The minimum absolute atomic E-state index is 0.0314. The number of aromatic amines is 1. The van der Waals surface area contributed by atoms with Gasteiger partial charge in [-0.25, -0.2) is 4.98 Å². The van der Waals surface area contributed by atoms with Crippen molar-refractivity contribution in [3.63, 3.8) is 0 Å². The van der Waals surface area contributed by atoms with Crippen molar-refractivity contribution in [2.24, 2.45) is 0 Å². The van der Waals surface area contributed by atoms with Gasteiger partial charge in [-0.2, -0.15) is 0 Å². The van der Waals surface area contributed by atoms with E-state index in [1.54, 1.807) is 0 Å². The molecule has 2 aromatic heterocycles. The van der Waals surface area contributed by atoms with E-state index in [4.69, 9.17) is 4.42 Å². The van der Waals surface area contributed by atoms with E-state index < -0.39 is 0 Å². The molecule has 0 aliphatic rings. The molecular weight excluding hydrogens is 252 g/mol. The highest BCUT2D eigenvalue weighted by Crippen LogP contribution is 2.30. The van der Waals surface area contributed by atoms with Crippen molar-refractivity contribution in [2.45, 2.75) is 11.0 Å². The minimum atomic E-state index is -0.0549. The second kappa shape index (κ2) is 4.30. The second-order valence-corrected chi connectivity index (χ2v) is 4.69. The first-order valence-corrected chi connectivity index (χ1v) is 6.29. The van der Waals surface area contributed by atoms with Gasteiger partial charge in [0.15, 0.2) is 17.3 Å². The fourth-order valence-corrected chi connectivity index (χ4v) is 2.44. The molecule has 0 saturated heterocycles. The van der Waals surface area contributed by atoms with E-state index >= 15 is 0 Å². The number of nitrogens with one attached hydrogen (secondary N) is 1. The number of benzene rings is 1. The molecular formula is C12H10N2O3S. The molecule has 0 amide bonds. The molecule has 6 heteroatoms. The van der Waals surface area contributed by atoms with Crippen LogP contribution >= 0.6 is 11.8 Å². The highest BCUT2D eigenvalue weighted by atomic mass is 32.2. The van der Waals surface area contributed by atoms with Crippen LogP contribution in [0.3, 0.4) is 0 Å². The van der Waals surface area contributed by atoms with Crippen molar-refractivity contribution in [1.82, 2.24) is 9.97 Å². The first-order valence-electron chi connectivity index (χ1n) is 5.30. The summed E-state index contributed by atoms with van der Waals surface area (Å²) in [5.41, 5.74) is 2.15. The number of oxazole rings is 1. The van der Waals surface area contributed by atoms with Crippen LogP contribution in [-0.2, 0) is 5.75 Å². The summed E-state index contributed by atoms with van der Waals surface area (Å²) in [5, 5.41) is 19.2. The molecule has 1 aromatic carbocycles. The van der Waals surface area contributed by atoms with Crippen LogP contribution in [0, 0.1) is 0 Å². The lowest BCUT2D eigenvalue weighted by molar-refractivity contribution is 0.424. The van der Waals surface area contributed by atoms with E-state index in [1.165, 1.54) is 17.8 Å². The normalized spacial score (nSPS) is 11.1. The van der Waals surface area contributed by atoms with Gasteiger partial charge in [0.2, 0.25) is 0 Å². The van der Waals surface area contributed by atoms with Crippen LogP contribution in [0.4, 0.5) is 0 Å². The predicted octanol–water partition coefficient (Wildman–Crippen LogP) is 2.86. The molecule has 0 atom stereocenters. The van der Waals surface area contributed by atoms with Crippen LogP contribution < -0.4 is 0 Å². The van der Waals surface area contributed by atoms with Crippen LogP contribution in [0.25, 0.3) is 11.1 Å². The number of nitrogens with zero attached hydrogens (tertiary/aromatic N) is 1. The summed E-state index contributed by atoms with van der Waals surface area (Å²) in [6.07, 6.45) is 0. The van der Waals surface area contributed by atoms with Crippen LogP contribution in [0.5, 0.6) is 11.8 Å². The summed E-state index contributed by atoms with van der Waals surface area (Å²) < 4.78 is 5.53. The van der Waals surface area contributed by atoms with Gasteiger partial charge in [-0.05, 0) is 12.1 Å². The number of para-hydroxylation sites is 2. The lowest BCUT2D eigenvalue weighted by Crippen LogP contribution is -1.77. The molecule has 3 aromatic rings. The molecule has 92 valence electrons. The Morgan fingerprint density at radius 1 is 1.28 bits per heavy atom. The van der Waals surface area contributed by atoms with E-state index in [1.807, 2.05) is 24.3 Å². The third kappa shape index (κ3) is 2.02. The van der Waals surface area contributed by atoms with Crippen LogP contribution in [0.2, 0.25) is 0 Å². The lowest BCUT2D eigenvalue weighted by atomic mass is 10.3. The number of hydrogen-bond acceptors (Lipinski definition) is 5. The van der Waals surface area contributed by atoms with Crippen LogP contribution in [0.15, 0.2) is 40.0 Å². The van der Waals surface area contributed by atoms with Crippen LogP contribution in [-0.4, -0.2) is 20.2 Å². The van der Waals surface area contributed by atoms with E-state index in [-0.39, 0.29) is 11.8 Å². The molecule has 3 rings (SSSR count).